The molecule has 10 heteroatoms. The van der Waals surface area contributed by atoms with E-state index >= 15 is 0 Å². The maximum atomic E-state index is 10.0. The fourth-order valence-corrected chi connectivity index (χ4v) is 2.52. The van der Waals surface area contributed by atoms with Crippen molar-refractivity contribution in [2.24, 2.45) is 5.73 Å². The van der Waals surface area contributed by atoms with Crippen molar-refractivity contribution < 1.29 is 14.9 Å². The molecule has 1 saturated heterocycles. The first-order valence-corrected chi connectivity index (χ1v) is 6.28. The van der Waals surface area contributed by atoms with Gasteiger partial charge >= 0.3 is 0 Å². The van der Waals surface area contributed by atoms with Gasteiger partial charge in [0.05, 0.1) is 0 Å². The molecule has 9 nitrogen and oxygen atoms in total. The number of hydrogen-bond acceptors (Lipinski definition) is 8. The normalized spacial score (nSPS) is 30.2. The minimum absolute atomic E-state index is 0.0682. The summed E-state index contributed by atoms with van der Waals surface area (Å²) in [6, 6.07) is 0. The molecule has 2 aromatic heterocycles. The summed E-state index contributed by atoms with van der Waals surface area (Å²) in [5.41, 5.74) is 11.5. The Labute approximate surface area is 118 Å². The molecule has 0 aliphatic carbocycles. The Morgan fingerprint density at radius 3 is 2.75 bits per heavy atom. The van der Waals surface area contributed by atoms with E-state index < -0.39 is 24.5 Å². The quantitative estimate of drug-likeness (QED) is 0.532. The van der Waals surface area contributed by atoms with Crippen LogP contribution in [-0.4, -0.2) is 54.8 Å². The summed E-state index contributed by atoms with van der Waals surface area (Å²) in [6.45, 7) is 0.0682. The lowest BCUT2D eigenvalue weighted by molar-refractivity contribution is -0.0393. The second-order valence-corrected chi connectivity index (χ2v) is 4.83. The van der Waals surface area contributed by atoms with E-state index in [1.54, 1.807) is 0 Å². The molecule has 0 saturated carbocycles. The number of halogens is 1. The van der Waals surface area contributed by atoms with Crippen LogP contribution in [0.15, 0.2) is 6.33 Å². The topological polar surface area (TPSA) is 145 Å². The zero-order chi connectivity index (χ0) is 14.4. The molecule has 3 heterocycles. The molecule has 1 aliphatic rings. The predicted molar refractivity (Wildman–Crippen MR) is 69.7 cm³/mol. The van der Waals surface area contributed by atoms with Gasteiger partial charge in [0.1, 0.15) is 35.8 Å². The summed E-state index contributed by atoms with van der Waals surface area (Å²) in [4.78, 5) is 7.87. The van der Waals surface area contributed by atoms with Gasteiger partial charge < -0.3 is 26.4 Å². The second kappa shape index (κ2) is 4.79. The molecule has 0 spiro atoms. The van der Waals surface area contributed by atoms with Crippen molar-refractivity contribution in [3.05, 3.63) is 11.5 Å². The van der Waals surface area contributed by atoms with Gasteiger partial charge in [-0.15, -0.1) is 0 Å². The number of aromatic nitrogens is 4. The minimum Gasteiger partial charge on any atom is -0.387 e. The van der Waals surface area contributed by atoms with Crippen LogP contribution in [0.2, 0.25) is 5.15 Å². The van der Waals surface area contributed by atoms with Crippen molar-refractivity contribution >= 4 is 28.5 Å². The minimum atomic E-state index is -1.20. The molecular weight excluding hydrogens is 288 g/mol. The third-order valence-corrected chi connectivity index (χ3v) is 3.55. The molecule has 20 heavy (non-hydrogen) atoms. The van der Waals surface area contributed by atoms with Crippen LogP contribution in [0.3, 0.4) is 0 Å². The molecule has 0 aromatic carbocycles. The Morgan fingerprint density at radius 1 is 1.35 bits per heavy atom. The van der Waals surface area contributed by atoms with E-state index in [0.29, 0.717) is 11.0 Å². The highest BCUT2D eigenvalue weighted by molar-refractivity contribution is 6.35. The molecule has 1 fully saturated rings. The van der Waals surface area contributed by atoms with E-state index in [-0.39, 0.29) is 17.5 Å². The SMILES string of the molecule is NC[C@H]1O[C@@H](n2nc(Cl)c3c(N)ncnc32)[C@H](O)[C@@H]1O. The Bertz CT molecular complexity index is 649. The number of anilines is 1. The number of aliphatic hydroxyl groups is 2. The molecule has 1 aliphatic heterocycles. The number of nitrogens with two attached hydrogens (primary N) is 2. The lowest BCUT2D eigenvalue weighted by atomic mass is 10.1. The monoisotopic (exact) mass is 300 g/mol. The van der Waals surface area contributed by atoms with Crippen LogP contribution in [-0.2, 0) is 4.74 Å². The van der Waals surface area contributed by atoms with Crippen molar-refractivity contribution in [1.29, 1.82) is 0 Å². The van der Waals surface area contributed by atoms with Crippen LogP contribution in [0.5, 0.6) is 0 Å². The smallest absolute Gasteiger partial charge is 0.181 e. The molecule has 0 radical (unpaired) electrons. The standard InChI is InChI=1S/C10H13ClN6O3/c11-7-4-8(13)14-2-15-9(4)17(16-7)10-6(19)5(18)3(1-12)20-10/h2-3,5-6,10,18-19H,1,12H2,(H2,13,14,15)/t3-,5-,6-,10-/m1/s1. The molecule has 0 bridgehead atoms. The van der Waals surface area contributed by atoms with Crippen LogP contribution < -0.4 is 11.5 Å². The molecule has 3 rings (SSSR count). The van der Waals surface area contributed by atoms with Gasteiger partial charge in [-0.1, -0.05) is 11.6 Å². The van der Waals surface area contributed by atoms with Crippen LogP contribution in [0, 0.1) is 0 Å². The van der Waals surface area contributed by atoms with Crippen LogP contribution in [0.4, 0.5) is 5.82 Å². The zero-order valence-electron chi connectivity index (χ0n) is 10.2. The summed E-state index contributed by atoms with van der Waals surface area (Å²) in [6.07, 6.45) is -2.68. The number of rotatable bonds is 2. The first-order valence-electron chi connectivity index (χ1n) is 5.90. The van der Waals surface area contributed by atoms with E-state index in [1.165, 1.54) is 11.0 Å². The van der Waals surface area contributed by atoms with Crippen molar-refractivity contribution in [1.82, 2.24) is 19.7 Å². The lowest BCUT2D eigenvalue weighted by Crippen LogP contribution is -2.35. The van der Waals surface area contributed by atoms with E-state index in [9.17, 15) is 10.2 Å². The van der Waals surface area contributed by atoms with Gasteiger partial charge in [0.2, 0.25) is 0 Å². The summed E-state index contributed by atoms with van der Waals surface area (Å²) >= 11 is 6.00. The summed E-state index contributed by atoms with van der Waals surface area (Å²) in [5, 5.41) is 24.4. The molecule has 108 valence electrons. The molecule has 6 N–H and O–H groups in total. The second-order valence-electron chi connectivity index (χ2n) is 4.47. The van der Waals surface area contributed by atoms with E-state index in [4.69, 9.17) is 27.8 Å². The molecular formula is C10H13ClN6O3. The average molecular weight is 301 g/mol. The predicted octanol–water partition coefficient (Wildman–Crippen LogP) is -1.36. The average Bonchev–Trinajstić information content (AvgIpc) is 2.90. The lowest BCUT2D eigenvalue weighted by Gasteiger charge is -2.15. The van der Waals surface area contributed by atoms with Crippen molar-refractivity contribution in [3.63, 3.8) is 0 Å². The van der Waals surface area contributed by atoms with E-state index in [0.717, 1.165) is 0 Å². The third kappa shape index (κ3) is 1.83. The Balaban J connectivity index is 2.10. The van der Waals surface area contributed by atoms with Gasteiger partial charge in [-0.25, -0.2) is 14.6 Å². The number of ether oxygens (including phenoxy) is 1. The van der Waals surface area contributed by atoms with Crippen molar-refractivity contribution in [3.8, 4) is 0 Å². The van der Waals surface area contributed by atoms with Gasteiger partial charge in [0, 0.05) is 6.54 Å². The number of fused-ring (bicyclic) bond motifs is 1. The van der Waals surface area contributed by atoms with Crippen LogP contribution in [0.1, 0.15) is 6.23 Å². The summed E-state index contributed by atoms with van der Waals surface area (Å²) in [5.74, 6) is 0.176. The zero-order valence-corrected chi connectivity index (χ0v) is 11.0. The molecule has 0 unspecified atom stereocenters. The Kier molecular flexibility index (Phi) is 3.22. The maximum Gasteiger partial charge on any atom is 0.181 e. The van der Waals surface area contributed by atoms with Crippen LogP contribution >= 0.6 is 11.6 Å². The van der Waals surface area contributed by atoms with Crippen molar-refractivity contribution in [2.75, 3.05) is 12.3 Å². The van der Waals surface area contributed by atoms with Crippen molar-refractivity contribution in [2.45, 2.75) is 24.5 Å². The van der Waals surface area contributed by atoms with E-state index in [1.807, 2.05) is 0 Å². The first kappa shape index (κ1) is 13.5. The highest BCUT2D eigenvalue weighted by Crippen LogP contribution is 2.33. The summed E-state index contributed by atoms with van der Waals surface area (Å²) in [7, 11) is 0. The van der Waals surface area contributed by atoms with Gasteiger partial charge in [0.15, 0.2) is 17.0 Å². The van der Waals surface area contributed by atoms with Crippen LogP contribution in [0.25, 0.3) is 11.0 Å². The highest BCUT2D eigenvalue weighted by Gasteiger charge is 2.44. The Morgan fingerprint density at radius 2 is 2.10 bits per heavy atom. The molecule has 4 atom stereocenters. The summed E-state index contributed by atoms with van der Waals surface area (Å²) < 4.78 is 6.78. The highest BCUT2D eigenvalue weighted by atomic mass is 35.5. The first-order chi connectivity index (χ1) is 9.54. The fourth-order valence-electron chi connectivity index (χ4n) is 2.26. The maximum absolute atomic E-state index is 10.0. The number of hydrogen-bond donors (Lipinski definition) is 4. The number of nitrogen functional groups attached to an aromatic ring is 1. The molecule has 2 aromatic rings. The van der Waals surface area contributed by atoms with Gasteiger partial charge in [-0.05, 0) is 0 Å². The number of nitrogens with zero attached hydrogens (tertiary/aromatic N) is 4. The Hall–Kier alpha value is -1.52. The van der Waals surface area contributed by atoms with Gasteiger partial charge in [-0.2, -0.15) is 5.10 Å². The largest absolute Gasteiger partial charge is 0.387 e. The van der Waals surface area contributed by atoms with Gasteiger partial charge in [0.25, 0.3) is 0 Å². The fraction of sp³-hybridized carbons (Fsp3) is 0.500. The molecule has 0 amide bonds. The number of aliphatic hydroxyl groups excluding tert-OH is 2. The van der Waals surface area contributed by atoms with Gasteiger partial charge in [-0.3, -0.25) is 0 Å². The third-order valence-electron chi connectivity index (χ3n) is 3.29. The van der Waals surface area contributed by atoms with E-state index in [2.05, 4.69) is 15.1 Å².